The molecule has 12 heavy (non-hydrogen) atoms. The van der Waals surface area contributed by atoms with Crippen molar-refractivity contribution in [3.63, 3.8) is 0 Å². The van der Waals surface area contributed by atoms with Crippen molar-refractivity contribution in [3.05, 3.63) is 0 Å². The second-order valence-electron chi connectivity index (χ2n) is 3.64. The molecule has 3 atom stereocenters. The fourth-order valence-corrected chi connectivity index (χ4v) is 1.63. The first-order valence-corrected chi connectivity index (χ1v) is 4.65. The van der Waals surface area contributed by atoms with Gasteiger partial charge in [-0.05, 0) is 13.3 Å². The Morgan fingerprint density at radius 2 is 1.83 bits per heavy atom. The van der Waals surface area contributed by atoms with Crippen LogP contribution in [0.4, 0.5) is 8.78 Å². The monoisotopic (exact) mass is 177 g/mol. The zero-order chi connectivity index (χ0) is 9.14. The number of alkyl halides is 2. The molecule has 1 aliphatic rings. The first-order chi connectivity index (χ1) is 5.63. The highest BCUT2D eigenvalue weighted by Crippen LogP contribution is 2.19. The first-order valence-electron chi connectivity index (χ1n) is 4.65. The number of rotatable bonds is 2. The molecular formula is C9H17F2N. The summed E-state index contributed by atoms with van der Waals surface area (Å²) in [5.74, 6) is 0. The molecule has 0 aliphatic carbocycles. The molecule has 0 amide bonds. The average Bonchev–Trinajstić information content (AvgIpc) is 2.01. The summed E-state index contributed by atoms with van der Waals surface area (Å²) >= 11 is 0. The van der Waals surface area contributed by atoms with E-state index < -0.39 is 12.3 Å². The quantitative estimate of drug-likeness (QED) is 0.624. The van der Waals surface area contributed by atoms with Gasteiger partial charge >= 0.3 is 0 Å². The van der Waals surface area contributed by atoms with Crippen LogP contribution < -0.4 is 0 Å². The van der Waals surface area contributed by atoms with Gasteiger partial charge in [0.05, 0.1) is 0 Å². The lowest BCUT2D eigenvalue weighted by Crippen LogP contribution is -2.46. The number of piperidine rings is 1. The van der Waals surface area contributed by atoms with Gasteiger partial charge in [-0.1, -0.05) is 6.92 Å². The molecule has 0 aromatic carbocycles. The molecule has 3 unspecified atom stereocenters. The standard InChI is InChI=1S/C9H17F2N/c1-3-7(2)12-5-8(10)4-9(11)6-12/h7-9H,3-6H2,1-2H3. The molecule has 0 saturated carbocycles. The van der Waals surface area contributed by atoms with E-state index in [9.17, 15) is 8.78 Å². The van der Waals surface area contributed by atoms with Crippen molar-refractivity contribution in [1.82, 2.24) is 4.90 Å². The Balaban J connectivity index is 2.43. The third-order valence-electron chi connectivity index (χ3n) is 2.59. The smallest absolute Gasteiger partial charge is 0.116 e. The number of likely N-dealkylation sites (tertiary alicyclic amines) is 1. The van der Waals surface area contributed by atoms with Crippen LogP contribution in [0.2, 0.25) is 0 Å². The van der Waals surface area contributed by atoms with Crippen LogP contribution in [-0.2, 0) is 0 Å². The van der Waals surface area contributed by atoms with Gasteiger partial charge in [0.2, 0.25) is 0 Å². The Labute approximate surface area is 72.7 Å². The van der Waals surface area contributed by atoms with Gasteiger partial charge in [0.1, 0.15) is 12.3 Å². The fourth-order valence-electron chi connectivity index (χ4n) is 1.63. The molecule has 1 aliphatic heterocycles. The van der Waals surface area contributed by atoms with E-state index in [1.54, 1.807) is 0 Å². The maximum absolute atomic E-state index is 12.9. The van der Waals surface area contributed by atoms with E-state index in [1.807, 2.05) is 18.7 Å². The van der Waals surface area contributed by atoms with Crippen molar-refractivity contribution in [2.75, 3.05) is 13.1 Å². The zero-order valence-electron chi connectivity index (χ0n) is 7.76. The molecule has 0 aromatic rings. The highest BCUT2D eigenvalue weighted by Gasteiger charge is 2.28. The van der Waals surface area contributed by atoms with Crippen molar-refractivity contribution in [2.45, 2.75) is 45.1 Å². The van der Waals surface area contributed by atoms with Crippen molar-refractivity contribution in [2.24, 2.45) is 0 Å². The molecule has 1 rings (SSSR count). The minimum absolute atomic E-state index is 0.0902. The van der Waals surface area contributed by atoms with E-state index in [1.165, 1.54) is 0 Å². The van der Waals surface area contributed by atoms with Gasteiger partial charge in [-0.3, -0.25) is 4.90 Å². The van der Waals surface area contributed by atoms with Crippen LogP contribution >= 0.6 is 0 Å². The predicted octanol–water partition coefficient (Wildman–Crippen LogP) is 2.17. The molecule has 1 nitrogen and oxygen atoms in total. The van der Waals surface area contributed by atoms with Gasteiger partial charge in [0.15, 0.2) is 0 Å². The number of hydrogen-bond acceptors (Lipinski definition) is 1. The van der Waals surface area contributed by atoms with Crippen LogP contribution in [0.15, 0.2) is 0 Å². The topological polar surface area (TPSA) is 3.24 Å². The van der Waals surface area contributed by atoms with Crippen molar-refractivity contribution in [1.29, 1.82) is 0 Å². The van der Waals surface area contributed by atoms with E-state index in [0.29, 0.717) is 19.1 Å². The lowest BCUT2D eigenvalue weighted by Gasteiger charge is -2.35. The van der Waals surface area contributed by atoms with E-state index in [4.69, 9.17) is 0 Å². The predicted molar refractivity (Wildman–Crippen MR) is 45.7 cm³/mol. The molecule has 72 valence electrons. The summed E-state index contributed by atoms with van der Waals surface area (Å²) in [5.41, 5.74) is 0. The van der Waals surface area contributed by atoms with Crippen LogP contribution in [0.5, 0.6) is 0 Å². The van der Waals surface area contributed by atoms with Gasteiger partial charge in [-0.2, -0.15) is 0 Å². The highest BCUT2D eigenvalue weighted by molar-refractivity contribution is 4.81. The van der Waals surface area contributed by atoms with Crippen LogP contribution in [0.1, 0.15) is 26.7 Å². The summed E-state index contributed by atoms with van der Waals surface area (Å²) in [6.45, 7) is 4.88. The van der Waals surface area contributed by atoms with Gasteiger partial charge in [0.25, 0.3) is 0 Å². The summed E-state index contributed by atoms with van der Waals surface area (Å²) in [7, 11) is 0. The summed E-state index contributed by atoms with van der Waals surface area (Å²) in [5, 5.41) is 0. The summed E-state index contributed by atoms with van der Waals surface area (Å²) in [6.07, 6.45) is -0.891. The molecule has 1 fully saturated rings. The van der Waals surface area contributed by atoms with Gasteiger partial charge in [-0.15, -0.1) is 0 Å². The summed E-state index contributed by atoms with van der Waals surface area (Å²) in [6, 6.07) is 0.307. The van der Waals surface area contributed by atoms with Crippen LogP contribution in [0, 0.1) is 0 Å². The van der Waals surface area contributed by atoms with Gasteiger partial charge in [-0.25, -0.2) is 8.78 Å². The lowest BCUT2D eigenvalue weighted by atomic mass is 10.1. The van der Waals surface area contributed by atoms with Crippen LogP contribution in [-0.4, -0.2) is 36.4 Å². The maximum atomic E-state index is 12.9. The first kappa shape index (κ1) is 9.90. The molecule has 1 heterocycles. The summed E-state index contributed by atoms with van der Waals surface area (Å²) < 4.78 is 25.8. The Morgan fingerprint density at radius 1 is 1.33 bits per heavy atom. The molecule has 3 heteroatoms. The third-order valence-corrected chi connectivity index (χ3v) is 2.59. The second kappa shape index (κ2) is 4.17. The largest absolute Gasteiger partial charge is 0.295 e. The zero-order valence-corrected chi connectivity index (χ0v) is 7.76. The molecule has 0 bridgehead atoms. The fraction of sp³-hybridized carbons (Fsp3) is 1.00. The maximum Gasteiger partial charge on any atom is 0.116 e. The van der Waals surface area contributed by atoms with Gasteiger partial charge in [0, 0.05) is 25.6 Å². The molecular weight excluding hydrogens is 160 g/mol. The van der Waals surface area contributed by atoms with Crippen molar-refractivity contribution >= 4 is 0 Å². The molecule has 0 spiro atoms. The Kier molecular flexibility index (Phi) is 3.44. The van der Waals surface area contributed by atoms with E-state index in [-0.39, 0.29) is 6.42 Å². The Hall–Kier alpha value is -0.180. The van der Waals surface area contributed by atoms with Crippen LogP contribution in [0.3, 0.4) is 0 Å². The van der Waals surface area contributed by atoms with E-state index >= 15 is 0 Å². The number of nitrogens with zero attached hydrogens (tertiary/aromatic N) is 1. The molecule has 0 aromatic heterocycles. The highest BCUT2D eigenvalue weighted by atomic mass is 19.1. The van der Waals surface area contributed by atoms with Gasteiger partial charge < -0.3 is 0 Å². The number of halogens is 2. The molecule has 0 radical (unpaired) electrons. The minimum Gasteiger partial charge on any atom is -0.295 e. The SMILES string of the molecule is CCC(C)N1CC(F)CC(F)C1. The average molecular weight is 177 g/mol. The molecule has 1 saturated heterocycles. The number of hydrogen-bond donors (Lipinski definition) is 0. The van der Waals surface area contributed by atoms with E-state index in [0.717, 1.165) is 6.42 Å². The van der Waals surface area contributed by atoms with Crippen molar-refractivity contribution < 1.29 is 8.78 Å². The van der Waals surface area contributed by atoms with Crippen molar-refractivity contribution in [3.8, 4) is 0 Å². The minimum atomic E-state index is -0.970. The lowest BCUT2D eigenvalue weighted by molar-refractivity contribution is 0.0493. The van der Waals surface area contributed by atoms with E-state index in [2.05, 4.69) is 0 Å². The third kappa shape index (κ3) is 2.41. The summed E-state index contributed by atoms with van der Waals surface area (Å²) in [4.78, 5) is 1.90. The Bertz CT molecular complexity index is 130. The van der Waals surface area contributed by atoms with Crippen LogP contribution in [0.25, 0.3) is 0 Å². The normalized spacial score (nSPS) is 35.0. The second-order valence-corrected chi connectivity index (χ2v) is 3.64. The molecule has 0 N–H and O–H groups in total. The Morgan fingerprint density at radius 3 is 2.25 bits per heavy atom.